The molecular formula is C21H34BNO4Si. The summed E-state index contributed by atoms with van der Waals surface area (Å²) in [6.45, 7) is 12.0. The van der Waals surface area contributed by atoms with Gasteiger partial charge < -0.3 is 19.2 Å². The van der Waals surface area contributed by atoms with Gasteiger partial charge in [0.2, 0.25) is 0 Å². The molecule has 5 nitrogen and oxygen atoms in total. The second kappa shape index (κ2) is 12.0. The van der Waals surface area contributed by atoms with Crippen molar-refractivity contribution in [1.29, 1.82) is 0 Å². The summed E-state index contributed by atoms with van der Waals surface area (Å²) in [7, 11) is -2.59. The molecule has 0 amide bonds. The van der Waals surface area contributed by atoms with Gasteiger partial charge in [-0.1, -0.05) is 45.0 Å². The topological polar surface area (TPSA) is 71.8 Å². The minimum Gasteiger partial charge on any atom is -0.491 e. The maximum absolute atomic E-state index is 7.12. The van der Waals surface area contributed by atoms with Crippen LogP contribution in [0.1, 0.15) is 32.8 Å². The van der Waals surface area contributed by atoms with Crippen molar-refractivity contribution in [3.8, 4) is 5.75 Å². The predicted octanol–water partition coefficient (Wildman–Crippen LogP) is 3.72. The SMILES string of the molecule is CC(C)(C)[Si](C)(C)O[C@H](CCc1cccnc1)COc1ccccc1.OBO. The van der Waals surface area contributed by atoms with E-state index in [0.29, 0.717) is 6.61 Å². The van der Waals surface area contributed by atoms with Crippen molar-refractivity contribution in [1.82, 2.24) is 4.98 Å². The number of para-hydroxylation sites is 1. The number of nitrogens with zero attached hydrogens (tertiary/aromatic N) is 1. The molecule has 0 unspecified atom stereocenters. The summed E-state index contributed by atoms with van der Waals surface area (Å²) in [5.41, 5.74) is 1.24. The highest BCUT2D eigenvalue weighted by Gasteiger charge is 2.39. The minimum atomic E-state index is -1.84. The number of aromatic nitrogens is 1. The van der Waals surface area contributed by atoms with Crippen LogP contribution in [-0.2, 0) is 10.8 Å². The molecule has 0 aliphatic heterocycles. The lowest BCUT2D eigenvalue weighted by molar-refractivity contribution is 0.108. The molecule has 154 valence electrons. The average Bonchev–Trinajstić information content (AvgIpc) is 2.65. The number of pyridine rings is 1. The quantitative estimate of drug-likeness (QED) is 0.658. The highest BCUT2D eigenvalue weighted by Crippen LogP contribution is 2.37. The first-order valence-corrected chi connectivity index (χ1v) is 12.6. The van der Waals surface area contributed by atoms with Crippen LogP contribution < -0.4 is 4.74 Å². The Labute approximate surface area is 171 Å². The minimum absolute atomic E-state index is 0.0845. The molecule has 28 heavy (non-hydrogen) atoms. The Kier molecular flexibility index (Phi) is 10.5. The molecule has 0 radical (unpaired) electrons. The molecule has 1 aromatic heterocycles. The molecule has 1 aromatic carbocycles. The third kappa shape index (κ3) is 9.01. The van der Waals surface area contributed by atoms with Crippen LogP contribution >= 0.6 is 0 Å². The second-order valence-electron chi connectivity index (χ2n) is 8.17. The van der Waals surface area contributed by atoms with E-state index in [1.165, 1.54) is 5.56 Å². The monoisotopic (exact) mass is 403 g/mol. The third-order valence-electron chi connectivity index (χ3n) is 4.92. The highest BCUT2D eigenvalue weighted by molar-refractivity contribution is 6.74. The van der Waals surface area contributed by atoms with E-state index in [9.17, 15) is 0 Å². The largest absolute Gasteiger partial charge is 0.491 e. The number of hydrogen-bond acceptors (Lipinski definition) is 5. The predicted molar refractivity (Wildman–Crippen MR) is 118 cm³/mol. The van der Waals surface area contributed by atoms with Crippen LogP contribution in [0.25, 0.3) is 0 Å². The fraction of sp³-hybridized carbons (Fsp3) is 0.476. The lowest BCUT2D eigenvalue weighted by Gasteiger charge is -2.39. The fourth-order valence-electron chi connectivity index (χ4n) is 2.35. The van der Waals surface area contributed by atoms with Gasteiger partial charge in [0.25, 0.3) is 0 Å². The van der Waals surface area contributed by atoms with E-state index >= 15 is 0 Å². The van der Waals surface area contributed by atoms with Crippen molar-refractivity contribution in [3.63, 3.8) is 0 Å². The molecule has 1 heterocycles. The van der Waals surface area contributed by atoms with Gasteiger partial charge in [-0.2, -0.15) is 0 Å². The van der Waals surface area contributed by atoms with E-state index in [4.69, 9.17) is 19.2 Å². The Morgan fingerprint density at radius 2 is 1.71 bits per heavy atom. The molecule has 0 aliphatic carbocycles. The summed E-state index contributed by atoms with van der Waals surface area (Å²) in [5.74, 6) is 0.896. The van der Waals surface area contributed by atoms with Crippen molar-refractivity contribution in [2.75, 3.05) is 6.61 Å². The van der Waals surface area contributed by atoms with E-state index in [1.54, 1.807) is 0 Å². The maximum Gasteiger partial charge on any atom is 0.432 e. The smallest absolute Gasteiger partial charge is 0.432 e. The van der Waals surface area contributed by atoms with Crippen molar-refractivity contribution in [2.24, 2.45) is 0 Å². The molecule has 0 spiro atoms. The van der Waals surface area contributed by atoms with Crippen molar-refractivity contribution in [3.05, 3.63) is 60.4 Å². The first kappa shape index (κ1) is 24.4. The van der Waals surface area contributed by atoms with Crippen LogP contribution in [0, 0.1) is 0 Å². The van der Waals surface area contributed by atoms with Gasteiger partial charge >= 0.3 is 7.69 Å². The third-order valence-corrected chi connectivity index (χ3v) is 9.46. The molecular weight excluding hydrogens is 369 g/mol. The fourth-order valence-corrected chi connectivity index (χ4v) is 3.72. The van der Waals surface area contributed by atoms with Crippen LogP contribution in [0.2, 0.25) is 18.1 Å². The van der Waals surface area contributed by atoms with Crippen LogP contribution in [0.4, 0.5) is 0 Å². The van der Waals surface area contributed by atoms with E-state index < -0.39 is 16.0 Å². The molecule has 0 bridgehead atoms. The number of hydrogen-bond donors (Lipinski definition) is 2. The molecule has 2 rings (SSSR count). The van der Waals surface area contributed by atoms with Gasteiger partial charge in [-0.05, 0) is 54.7 Å². The van der Waals surface area contributed by atoms with Crippen molar-refractivity contribution < 1.29 is 19.2 Å². The number of ether oxygens (including phenoxy) is 1. The Morgan fingerprint density at radius 3 is 2.25 bits per heavy atom. The van der Waals surface area contributed by atoms with Gasteiger partial charge in [0.05, 0.1) is 6.10 Å². The lowest BCUT2D eigenvalue weighted by atomic mass is 10.1. The Morgan fingerprint density at radius 1 is 1.07 bits per heavy atom. The molecule has 2 aromatic rings. The van der Waals surface area contributed by atoms with Crippen molar-refractivity contribution >= 4 is 16.0 Å². The molecule has 0 saturated carbocycles. The van der Waals surface area contributed by atoms with E-state index in [2.05, 4.69) is 44.9 Å². The summed E-state index contributed by atoms with van der Waals surface area (Å²) < 4.78 is 12.6. The van der Waals surface area contributed by atoms with Crippen LogP contribution in [0.15, 0.2) is 54.9 Å². The molecule has 0 aliphatic rings. The summed E-state index contributed by atoms with van der Waals surface area (Å²) >= 11 is 0. The summed E-state index contributed by atoms with van der Waals surface area (Å²) in [5, 5.41) is 14.4. The van der Waals surface area contributed by atoms with Gasteiger partial charge in [-0.25, -0.2) is 0 Å². The van der Waals surface area contributed by atoms with Gasteiger partial charge in [-0.15, -0.1) is 0 Å². The second-order valence-corrected chi connectivity index (χ2v) is 12.9. The van der Waals surface area contributed by atoms with Gasteiger partial charge in [0.15, 0.2) is 8.32 Å². The first-order valence-electron chi connectivity index (χ1n) is 9.66. The Balaban J connectivity index is 0.00000122. The first-order chi connectivity index (χ1) is 13.2. The molecule has 0 saturated heterocycles. The Hall–Kier alpha value is -1.67. The van der Waals surface area contributed by atoms with Crippen LogP contribution in [-0.4, -0.2) is 43.7 Å². The van der Waals surface area contributed by atoms with Gasteiger partial charge in [0, 0.05) is 12.4 Å². The number of aryl methyl sites for hydroxylation is 1. The molecule has 1 atom stereocenters. The lowest BCUT2D eigenvalue weighted by Crippen LogP contribution is -2.45. The van der Waals surface area contributed by atoms with Crippen LogP contribution in [0.3, 0.4) is 0 Å². The average molecular weight is 403 g/mol. The summed E-state index contributed by atoms with van der Waals surface area (Å²) in [6, 6.07) is 14.1. The molecule has 7 heteroatoms. The highest BCUT2D eigenvalue weighted by atomic mass is 28.4. The van der Waals surface area contributed by atoms with Crippen LogP contribution in [0.5, 0.6) is 5.75 Å². The molecule has 2 N–H and O–H groups in total. The summed E-state index contributed by atoms with van der Waals surface area (Å²) in [4.78, 5) is 4.21. The zero-order valence-electron chi connectivity index (χ0n) is 17.8. The van der Waals surface area contributed by atoms with Gasteiger partial charge in [-0.3, -0.25) is 4.98 Å². The number of benzene rings is 1. The van der Waals surface area contributed by atoms with Crippen molar-refractivity contribution in [2.45, 2.75) is 57.8 Å². The van der Waals surface area contributed by atoms with E-state index in [0.717, 1.165) is 18.6 Å². The zero-order chi connectivity index (χ0) is 21.0. The number of rotatable bonds is 8. The normalized spacial score (nSPS) is 12.5. The molecule has 0 fully saturated rings. The van der Waals surface area contributed by atoms with E-state index in [-0.39, 0.29) is 11.1 Å². The zero-order valence-corrected chi connectivity index (χ0v) is 18.8. The maximum atomic E-state index is 7.12. The standard InChI is InChI=1S/C21H31NO2Si.BH3O2/c1-21(2,3)25(4,5)24-20(14-13-18-10-9-15-22-16-18)17-23-19-11-7-6-8-12-19;2-1-3/h6-12,15-16,20H,13-14,17H2,1-5H3;1-3H/t20-;/m1./s1. The van der Waals surface area contributed by atoms with E-state index in [1.807, 2.05) is 48.8 Å². The van der Waals surface area contributed by atoms with Gasteiger partial charge in [0.1, 0.15) is 12.4 Å². The Bertz CT molecular complexity index is 607. The summed E-state index contributed by atoms with van der Waals surface area (Å²) in [6.07, 6.45) is 5.71.